The molecule has 0 unspecified atom stereocenters. The van der Waals surface area contributed by atoms with Crippen LogP contribution in [0.4, 0.5) is 5.95 Å². The van der Waals surface area contributed by atoms with Crippen LogP contribution in [0.3, 0.4) is 0 Å². The molecule has 1 rings (SSSR count). The normalized spacial score (nSPS) is 11.2. The largest absolute Gasteiger partial charge is 0.251 e. The lowest BCUT2D eigenvalue weighted by Crippen LogP contribution is -1.74. The summed E-state index contributed by atoms with van der Waals surface area (Å²) in [5.41, 5.74) is 0. The third-order valence-corrected chi connectivity index (χ3v) is 1.84. The summed E-state index contributed by atoms with van der Waals surface area (Å²) in [5, 5.41) is -2.72. The molecular weight excluding hydrogens is 227 g/mol. The van der Waals surface area contributed by atoms with Gasteiger partial charge in [-0.1, -0.05) is 0 Å². The van der Waals surface area contributed by atoms with Gasteiger partial charge in [-0.3, -0.25) is 0 Å². The van der Waals surface area contributed by atoms with Crippen LogP contribution >= 0.6 is 38.8 Å². The molecule has 0 aliphatic heterocycles. The van der Waals surface area contributed by atoms with Crippen LogP contribution < -0.4 is 0 Å². The maximum atomic E-state index is 5.46. The molecule has 0 saturated heterocycles. The van der Waals surface area contributed by atoms with Crippen LogP contribution in [0.1, 0.15) is 0 Å². The van der Waals surface area contributed by atoms with Gasteiger partial charge in [-0.2, -0.15) is 4.74 Å². The second-order valence-electron chi connectivity index (χ2n) is 1.57. The second kappa shape index (κ2) is 3.72. The number of hydrogen-bond donors (Lipinski definition) is 0. The summed E-state index contributed by atoms with van der Waals surface area (Å²) in [6.07, 6.45) is 3.07. The summed E-state index contributed by atoms with van der Waals surface area (Å²) >= 11 is 16.4. The summed E-state index contributed by atoms with van der Waals surface area (Å²) < 4.78 is 3.68. The molecule has 3 nitrogen and oxygen atoms in total. The van der Waals surface area contributed by atoms with E-state index in [-0.39, 0.29) is 5.95 Å². The van der Waals surface area contributed by atoms with E-state index in [0.29, 0.717) is 0 Å². The SMILES string of the molecule is ClP(Cl)(Cl)=Nc1ncccn1. The van der Waals surface area contributed by atoms with E-state index in [1.54, 1.807) is 6.07 Å². The van der Waals surface area contributed by atoms with Crippen LogP contribution in [0.15, 0.2) is 23.2 Å². The quantitative estimate of drug-likeness (QED) is 0.689. The third-order valence-electron chi connectivity index (χ3n) is 0.755. The summed E-state index contributed by atoms with van der Waals surface area (Å²) in [5.74, 6) is 0.209. The first-order chi connectivity index (χ1) is 5.08. The molecule has 0 atom stereocenters. The molecule has 0 aliphatic carbocycles. The van der Waals surface area contributed by atoms with Gasteiger partial charge in [0.1, 0.15) is 0 Å². The van der Waals surface area contributed by atoms with Crippen molar-refractivity contribution in [1.82, 2.24) is 9.97 Å². The Morgan fingerprint density at radius 3 is 2.18 bits per heavy atom. The van der Waals surface area contributed by atoms with Gasteiger partial charge in [0.25, 0.3) is 5.95 Å². The summed E-state index contributed by atoms with van der Waals surface area (Å²) in [7, 11) is 0. The van der Waals surface area contributed by atoms with E-state index in [1.165, 1.54) is 12.4 Å². The van der Waals surface area contributed by atoms with E-state index in [0.717, 1.165) is 0 Å². The van der Waals surface area contributed by atoms with Crippen molar-refractivity contribution >= 4 is 44.8 Å². The fraction of sp³-hybridized carbons (Fsp3) is 0. The maximum absolute atomic E-state index is 5.46. The number of rotatable bonds is 1. The number of hydrogen-bond acceptors (Lipinski definition) is 3. The highest BCUT2D eigenvalue weighted by Crippen LogP contribution is 2.66. The first-order valence-corrected chi connectivity index (χ1v) is 7.02. The summed E-state index contributed by atoms with van der Waals surface area (Å²) in [6, 6.07) is 1.66. The lowest BCUT2D eigenvalue weighted by molar-refractivity contribution is 1.15. The van der Waals surface area contributed by atoms with E-state index < -0.39 is 5.11 Å². The molecule has 1 aromatic rings. The zero-order chi connectivity index (χ0) is 8.32. The molecule has 0 bridgehead atoms. The van der Waals surface area contributed by atoms with Crippen molar-refractivity contribution in [3.05, 3.63) is 18.5 Å². The van der Waals surface area contributed by atoms with E-state index >= 15 is 0 Å². The van der Waals surface area contributed by atoms with Gasteiger partial charge in [-0.15, -0.1) is 0 Å². The van der Waals surface area contributed by atoms with Crippen LogP contribution in [0.5, 0.6) is 0 Å². The Hall–Kier alpha value is 0.180. The summed E-state index contributed by atoms with van der Waals surface area (Å²) in [6.45, 7) is 0. The highest BCUT2D eigenvalue weighted by atomic mass is 36.0. The Morgan fingerprint density at radius 2 is 1.73 bits per heavy atom. The van der Waals surface area contributed by atoms with Crippen LogP contribution in [0.2, 0.25) is 0 Å². The molecule has 0 amide bonds. The van der Waals surface area contributed by atoms with E-state index in [9.17, 15) is 0 Å². The van der Waals surface area contributed by atoms with Gasteiger partial charge in [0.05, 0.1) is 0 Å². The molecule has 0 saturated carbocycles. The van der Waals surface area contributed by atoms with Gasteiger partial charge in [0.15, 0.2) is 0 Å². The van der Waals surface area contributed by atoms with Crippen molar-refractivity contribution in [2.24, 2.45) is 4.74 Å². The molecule has 0 aliphatic rings. The monoisotopic (exact) mass is 229 g/mol. The first-order valence-electron chi connectivity index (χ1n) is 2.56. The standard InChI is InChI=1S/C4H3Cl3N3P/c5-11(6,7)10-4-8-2-1-3-9-4/h1-3H. The zero-order valence-corrected chi connectivity index (χ0v) is 8.32. The zero-order valence-electron chi connectivity index (χ0n) is 5.15. The van der Waals surface area contributed by atoms with Crippen molar-refractivity contribution in [2.45, 2.75) is 0 Å². The molecule has 1 heterocycles. The van der Waals surface area contributed by atoms with Crippen LogP contribution in [-0.2, 0) is 0 Å². The summed E-state index contributed by atoms with van der Waals surface area (Å²) in [4.78, 5) is 7.52. The smallest absolute Gasteiger partial charge is 0.220 e. The van der Waals surface area contributed by atoms with E-state index in [1.807, 2.05) is 0 Å². The van der Waals surface area contributed by atoms with Crippen LogP contribution in [0, 0.1) is 0 Å². The van der Waals surface area contributed by atoms with Crippen molar-refractivity contribution in [3.63, 3.8) is 0 Å². The van der Waals surface area contributed by atoms with Crippen molar-refractivity contribution in [1.29, 1.82) is 0 Å². The predicted octanol–water partition coefficient (Wildman–Crippen LogP) is 3.77. The lowest BCUT2D eigenvalue weighted by atomic mass is 10.7. The Bertz CT molecular complexity index is 274. The first kappa shape index (κ1) is 9.27. The molecule has 11 heavy (non-hydrogen) atoms. The van der Waals surface area contributed by atoms with Gasteiger partial charge in [-0.05, 0) is 39.8 Å². The number of aromatic nitrogens is 2. The predicted molar refractivity (Wildman–Crippen MR) is 48.6 cm³/mol. The molecule has 0 N–H and O–H groups in total. The Balaban J connectivity index is 2.98. The lowest BCUT2D eigenvalue weighted by Gasteiger charge is -1.94. The van der Waals surface area contributed by atoms with Gasteiger partial charge in [0, 0.05) is 12.4 Å². The highest BCUT2D eigenvalue weighted by molar-refractivity contribution is 8.26. The molecule has 1 aromatic heterocycles. The Kier molecular flexibility index (Phi) is 3.14. The van der Waals surface area contributed by atoms with Crippen molar-refractivity contribution in [2.75, 3.05) is 0 Å². The van der Waals surface area contributed by atoms with Crippen molar-refractivity contribution < 1.29 is 0 Å². The Morgan fingerprint density at radius 1 is 1.18 bits per heavy atom. The van der Waals surface area contributed by atoms with Gasteiger partial charge in [-0.25, -0.2) is 9.97 Å². The molecule has 0 spiro atoms. The average Bonchev–Trinajstić information content (AvgIpc) is 1.85. The topological polar surface area (TPSA) is 38.1 Å². The Labute approximate surface area is 78.1 Å². The minimum absolute atomic E-state index is 0.209. The molecule has 7 heteroatoms. The molecule has 0 aromatic carbocycles. The van der Waals surface area contributed by atoms with Crippen LogP contribution in [0.25, 0.3) is 0 Å². The minimum atomic E-state index is -2.72. The van der Waals surface area contributed by atoms with Crippen LogP contribution in [-0.4, -0.2) is 9.97 Å². The molecular formula is C4H3Cl3N3P. The molecule has 60 valence electrons. The minimum Gasteiger partial charge on any atom is -0.220 e. The average molecular weight is 230 g/mol. The van der Waals surface area contributed by atoms with E-state index in [4.69, 9.17) is 33.7 Å². The number of halogens is 3. The highest BCUT2D eigenvalue weighted by Gasteiger charge is 2.06. The van der Waals surface area contributed by atoms with Gasteiger partial charge < -0.3 is 0 Å². The maximum Gasteiger partial charge on any atom is 0.251 e. The molecule has 0 radical (unpaired) electrons. The fourth-order valence-corrected chi connectivity index (χ4v) is 1.36. The fourth-order valence-electron chi connectivity index (χ4n) is 0.444. The second-order valence-corrected chi connectivity index (χ2v) is 8.56. The third kappa shape index (κ3) is 3.92. The van der Waals surface area contributed by atoms with Crippen molar-refractivity contribution in [3.8, 4) is 0 Å². The van der Waals surface area contributed by atoms with Gasteiger partial charge >= 0.3 is 0 Å². The van der Waals surface area contributed by atoms with Gasteiger partial charge in [0.2, 0.25) is 5.11 Å². The molecule has 0 fully saturated rings. The number of nitrogens with zero attached hydrogens (tertiary/aromatic N) is 3. The van der Waals surface area contributed by atoms with E-state index in [2.05, 4.69) is 14.7 Å².